The Balaban J connectivity index is 1.79. The summed E-state index contributed by atoms with van der Waals surface area (Å²) >= 11 is 0. The highest BCUT2D eigenvalue weighted by molar-refractivity contribution is 6.13. The van der Waals surface area contributed by atoms with E-state index < -0.39 is 6.17 Å². The van der Waals surface area contributed by atoms with Gasteiger partial charge in [0.25, 0.3) is 0 Å². The van der Waals surface area contributed by atoms with E-state index in [2.05, 4.69) is 17.1 Å². The van der Waals surface area contributed by atoms with Gasteiger partial charge in [-0.3, -0.25) is 0 Å². The number of halogens is 2. The number of alkyl halides is 1. The van der Waals surface area contributed by atoms with Gasteiger partial charge < -0.3 is 0 Å². The fourth-order valence-electron chi connectivity index (χ4n) is 3.38. The Hall–Kier alpha value is -3.14. The van der Waals surface area contributed by atoms with E-state index in [1.165, 1.54) is 12.3 Å². The van der Waals surface area contributed by atoms with Gasteiger partial charge in [-0.25, -0.2) is 8.78 Å². The molecule has 160 valence electrons. The van der Waals surface area contributed by atoms with Gasteiger partial charge in [-0.1, -0.05) is 99.0 Å². The maximum atomic E-state index is 14.2. The van der Waals surface area contributed by atoms with Crippen LogP contribution in [0.15, 0.2) is 89.1 Å². The molecule has 1 unspecified atom stereocenters. The first kappa shape index (κ1) is 22.5. The second-order valence-corrected chi connectivity index (χ2v) is 7.57. The molecule has 3 aromatic rings. The first-order valence-electron chi connectivity index (χ1n) is 10.8. The molecule has 0 saturated carbocycles. The fraction of sp³-hybridized carbons (Fsp3) is 0.259. The van der Waals surface area contributed by atoms with Gasteiger partial charge in [-0.05, 0) is 18.1 Å². The zero-order valence-corrected chi connectivity index (χ0v) is 17.8. The topological polar surface area (TPSA) is 24.7 Å². The van der Waals surface area contributed by atoms with Gasteiger partial charge >= 0.3 is 0 Å². The predicted octanol–water partition coefficient (Wildman–Crippen LogP) is 7.16. The Morgan fingerprint density at radius 1 is 0.871 bits per heavy atom. The quantitative estimate of drug-likeness (QED) is 0.190. The molecule has 0 spiro atoms. The van der Waals surface area contributed by atoms with E-state index in [-0.39, 0.29) is 5.82 Å². The molecule has 0 bridgehead atoms. The summed E-state index contributed by atoms with van der Waals surface area (Å²) in [5.41, 5.74) is 3.81. The summed E-state index contributed by atoms with van der Waals surface area (Å²) in [5.74, 6) is -0.341. The molecule has 0 N–H and O–H groups in total. The summed E-state index contributed by atoms with van der Waals surface area (Å²) in [7, 11) is 0. The Kier molecular flexibility index (Phi) is 8.65. The van der Waals surface area contributed by atoms with Crippen molar-refractivity contribution in [2.24, 2.45) is 10.2 Å². The molecule has 4 heteroatoms. The summed E-state index contributed by atoms with van der Waals surface area (Å²) in [4.78, 5) is 0. The van der Waals surface area contributed by atoms with Crippen molar-refractivity contribution >= 4 is 11.9 Å². The van der Waals surface area contributed by atoms with Gasteiger partial charge in [0, 0.05) is 23.1 Å². The first-order chi connectivity index (χ1) is 15.2. The van der Waals surface area contributed by atoms with Crippen molar-refractivity contribution in [1.82, 2.24) is 0 Å². The molecule has 3 rings (SSSR count). The average Bonchev–Trinajstić information content (AvgIpc) is 2.79. The van der Waals surface area contributed by atoms with E-state index in [4.69, 9.17) is 0 Å². The molecular formula is C27H28F2N2. The molecule has 0 aliphatic heterocycles. The van der Waals surface area contributed by atoms with Crippen LogP contribution in [0.4, 0.5) is 8.78 Å². The molecule has 0 heterocycles. The molecule has 0 aromatic heterocycles. The van der Waals surface area contributed by atoms with E-state index in [9.17, 15) is 8.78 Å². The van der Waals surface area contributed by atoms with Gasteiger partial charge in [-0.2, -0.15) is 5.10 Å². The van der Waals surface area contributed by atoms with E-state index in [1.54, 1.807) is 18.2 Å². The largest absolute Gasteiger partial charge is 0.247 e. The van der Waals surface area contributed by atoms with Crippen molar-refractivity contribution < 1.29 is 8.78 Å². The number of nitrogens with zero attached hydrogens (tertiary/aromatic N) is 2. The Morgan fingerprint density at radius 3 is 2.26 bits per heavy atom. The second kappa shape index (κ2) is 11.9. The lowest BCUT2D eigenvalue weighted by Gasteiger charge is -2.10. The van der Waals surface area contributed by atoms with Crippen molar-refractivity contribution in [2.75, 3.05) is 0 Å². The van der Waals surface area contributed by atoms with Crippen LogP contribution in [0.1, 0.15) is 54.9 Å². The van der Waals surface area contributed by atoms with Crippen molar-refractivity contribution in [3.8, 4) is 0 Å². The van der Waals surface area contributed by atoms with Gasteiger partial charge in [0.2, 0.25) is 0 Å². The van der Waals surface area contributed by atoms with Crippen LogP contribution in [-0.2, 0) is 6.42 Å². The molecular weight excluding hydrogens is 390 g/mol. The summed E-state index contributed by atoms with van der Waals surface area (Å²) in [5, 5.41) is 8.52. The third kappa shape index (κ3) is 6.95. The number of hydrogen-bond acceptors (Lipinski definition) is 2. The summed E-state index contributed by atoms with van der Waals surface area (Å²) < 4.78 is 28.1. The minimum absolute atomic E-state index is 0.341. The molecule has 2 nitrogen and oxygen atoms in total. The maximum Gasteiger partial charge on any atom is 0.132 e. The van der Waals surface area contributed by atoms with Crippen molar-refractivity contribution in [3.05, 3.63) is 107 Å². The lowest BCUT2D eigenvalue weighted by Crippen LogP contribution is -2.06. The van der Waals surface area contributed by atoms with E-state index in [0.717, 1.165) is 36.0 Å². The minimum atomic E-state index is -0.815. The smallest absolute Gasteiger partial charge is 0.132 e. The molecule has 1 atom stereocenters. The van der Waals surface area contributed by atoms with Gasteiger partial charge in [0.15, 0.2) is 0 Å². The molecule has 0 amide bonds. The summed E-state index contributed by atoms with van der Waals surface area (Å²) in [6, 6.07) is 23.9. The Labute approximate surface area is 183 Å². The first-order valence-corrected chi connectivity index (χ1v) is 10.8. The van der Waals surface area contributed by atoms with Crippen LogP contribution in [0.25, 0.3) is 0 Å². The molecule has 0 fully saturated rings. The zero-order valence-electron chi connectivity index (χ0n) is 17.8. The van der Waals surface area contributed by atoms with Crippen LogP contribution < -0.4 is 0 Å². The normalized spacial score (nSPS) is 12.9. The van der Waals surface area contributed by atoms with Crippen LogP contribution in [-0.4, -0.2) is 18.1 Å². The van der Waals surface area contributed by atoms with Crippen LogP contribution in [0, 0.1) is 5.82 Å². The lowest BCUT2D eigenvalue weighted by molar-refractivity contribution is 0.304. The predicted molar refractivity (Wildman–Crippen MR) is 125 cm³/mol. The number of unbranched alkanes of at least 4 members (excludes halogenated alkanes) is 2. The van der Waals surface area contributed by atoms with Crippen LogP contribution >= 0.6 is 0 Å². The summed E-state index contributed by atoms with van der Waals surface area (Å²) in [6.45, 7) is 2.12. The SMILES string of the molecule is CCCCCC(F)Cc1ccc(C(=NN=Cc2ccccc2F)c2ccccc2)cc1. The number of hydrogen-bond donors (Lipinski definition) is 0. The lowest BCUT2D eigenvalue weighted by atomic mass is 9.98. The highest BCUT2D eigenvalue weighted by atomic mass is 19.1. The van der Waals surface area contributed by atoms with Crippen molar-refractivity contribution in [3.63, 3.8) is 0 Å². The van der Waals surface area contributed by atoms with E-state index in [1.807, 2.05) is 54.6 Å². The van der Waals surface area contributed by atoms with Gasteiger partial charge in [-0.15, -0.1) is 5.10 Å². The highest BCUT2D eigenvalue weighted by Gasteiger charge is 2.10. The fourth-order valence-corrected chi connectivity index (χ4v) is 3.38. The van der Waals surface area contributed by atoms with Crippen LogP contribution in [0.2, 0.25) is 0 Å². The van der Waals surface area contributed by atoms with Crippen LogP contribution in [0.3, 0.4) is 0 Å². The van der Waals surface area contributed by atoms with Crippen molar-refractivity contribution in [2.45, 2.75) is 45.2 Å². The van der Waals surface area contributed by atoms with Gasteiger partial charge in [0.05, 0.1) is 6.21 Å². The second-order valence-electron chi connectivity index (χ2n) is 7.57. The minimum Gasteiger partial charge on any atom is -0.247 e. The molecule has 0 aliphatic rings. The van der Waals surface area contributed by atoms with Crippen molar-refractivity contribution in [1.29, 1.82) is 0 Å². The number of benzene rings is 3. The average molecular weight is 419 g/mol. The maximum absolute atomic E-state index is 14.2. The third-order valence-electron chi connectivity index (χ3n) is 5.11. The van der Waals surface area contributed by atoms with Crippen LogP contribution in [0.5, 0.6) is 0 Å². The van der Waals surface area contributed by atoms with E-state index in [0.29, 0.717) is 24.1 Å². The third-order valence-corrected chi connectivity index (χ3v) is 5.11. The number of rotatable bonds is 10. The Bertz CT molecular complexity index is 995. The zero-order chi connectivity index (χ0) is 21.9. The molecule has 0 aliphatic carbocycles. The monoisotopic (exact) mass is 418 g/mol. The molecule has 3 aromatic carbocycles. The Morgan fingerprint density at radius 2 is 1.55 bits per heavy atom. The molecule has 0 saturated heterocycles. The standard InChI is InChI=1S/C27H28F2N2/c1-2-3-5-13-25(28)19-21-15-17-23(18-16-21)27(22-10-6-4-7-11-22)31-30-20-24-12-8-9-14-26(24)29/h4,6-12,14-18,20,25H,2-3,5,13,19H2,1H3. The summed E-state index contributed by atoms with van der Waals surface area (Å²) in [6.07, 6.45) is 4.73. The molecule has 0 radical (unpaired) electrons. The molecule has 31 heavy (non-hydrogen) atoms. The van der Waals surface area contributed by atoms with Gasteiger partial charge in [0.1, 0.15) is 17.7 Å². The van der Waals surface area contributed by atoms with E-state index >= 15 is 0 Å². The highest BCUT2D eigenvalue weighted by Crippen LogP contribution is 2.17.